The lowest BCUT2D eigenvalue weighted by atomic mass is 10.1. The molecule has 1 fully saturated rings. The number of piperidine rings is 1. The maximum atomic E-state index is 12.6. The molecule has 1 aliphatic heterocycles. The van der Waals surface area contributed by atoms with Crippen LogP contribution in [0.5, 0.6) is 0 Å². The number of sulfonamides is 1. The normalized spacial score (nSPS) is 16.6. The highest BCUT2D eigenvalue weighted by Crippen LogP contribution is 2.21. The Morgan fingerprint density at radius 1 is 1.19 bits per heavy atom. The van der Waals surface area contributed by atoms with Crippen LogP contribution < -0.4 is 9.62 Å². The molecule has 1 saturated heterocycles. The summed E-state index contributed by atoms with van der Waals surface area (Å²) in [7, 11) is -3.85. The SMILES string of the molecule is CCOC(=O)[C@@H](NS(=O)(=O)c1ccc(N2CCC(=O)CC2)cc1)C(C)C. The van der Waals surface area contributed by atoms with Crippen molar-refractivity contribution in [3.63, 3.8) is 0 Å². The van der Waals surface area contributed by atoms with Crippen LogP contribution in [0.4, 0.5) is 5.69 Å². The number of esters is 1. The van der Waals surface area contributed by atoms with Crippen LogP contribution in [0.15, 0.2) is 29.2 Å². The number of hydrogen-bond acceptors (Lipinski definition) is 6. The summed E-state index contributed by atoms with van der Waals surface area (Å²) in [5.74, 6) is -0.571. The van der Waals surface area contributed by atoms with E-state index in [0.29, 0.717) is 25.9 Å². The van der Waals surface area contributed by atoms with Gasteiger partial charge in [0.1, 0.15) is 11.8 Å². The van der Waals surface area contributed by atoms with E-state index in [4.69, 9.17) is 4.74 Å². The fraction of sp³-hybridized carbons (Fsp3) is 0.556. The lowest BCUT2D eigenvalue weighted by Crippen LogP contribution is -2.45. The Balaban J connectivity index is 2.13. The fourth-order valence-corrected chi connectivity index (χ4v) is 4.11. The molecule has 0 spiro atoms. The summed E-state index contributed by atoms with van der Waals surface area (Å²) < 4.78 is 32.6. The first-order chi connectivity index (χ1) is 12.2. The average Bonchev–Trinajstić information content (AvgIpc) is 2.60. The van der Waals surface area contributed by atoms with Crippen LogP contribution in [-0.2, 0) is 24.3 Å². The molecule has 0 radical (unpaired) electrons. The number of ether oxygens (including phenoxy) is 1. The van der Waals surface area contributed by atoms with Gasteiger partial charge in [0.2, 0.25) is 10.0 Å². The zero-order valence-electron chi connectivity index (χ0n) is 15.4. The second-order valence-corrected chi connectivity index (χ2v) is 8.33. The molecule has 1 heterocycles. The number of ketones is 1. The van der Waals surface area contributed by atoms with Crippen LogP contribution in [0.1, 0.15) is 33.6 Å². The molecule has 8 heteroatoms. The number of anilines is 1. The third-order valence-corrected chi connectivity index (χ3v) is 5.78. The van der Waals surface area contributed by atoms with E-state index in [0.717, 1.165) is 5.69 Å². The topological polar surface area (TPSA) is 92.8 Å². The Kier molecular flexibility index (Phi) is 6.77. The molecule has 1 atom stereocenters. The fourth-order valence-electron chi connectivity index (χ4n) is 2.77. The van der Waals surface area contributed by atoms with Gasteiger partial charge in [-0.1, -0.05) is 13.8 Å². The Morgan fingerprint density at radius 2 is 1.77 bits per heavy atom. The molecule has 1 aromatic rings. The van der Waals surface area contributed by atoms with E-state index in [1.165, 1.54) is 12.1 Å². The summed E-state index contributed by atoms with van der Waals surface area (Å²) in [4.78, 5) is 25.5. The highest BCUT2D eigenvalue weighted by atomic mass is 32.2. The van der Waals surface area contributed by atoms with E-state index in [2.05, 4.69) is 9.62 Å². The molecule has 0 amide bonds. The molecule has 0 unspecified atom stereocenters. The molecule has 1 aliphatic rings. The minimum Gasteiger partial charge on any atom is -0.465 e. The molecule has 144 valence electrons. The number of hydrogen-bond donors (Lipinski definition) is 1. The molecule has 1 aromatic carbocycles. The largest absolute Gasteiger partial charge is 0.465 e. The van der Waals surface area contributed by atoms with E-state index in [9.17, 15) is 18.0 Å². The molecular weight excluding hydrogens is 356 g/mol. The molecule has 1 N–H and O–H groups in total. The number of carbonyl (C=O) groups is 2. The van der Waals surface area contributed by atoms with Gasteiger partial charge in [-0.3, -0.25) is 9.59 Å². The summed E-state index contributed by atoms with van der Waals surface area (Å²) in [5, 5.41) is 0. The van der Waals surface area contributed by atoms with Gasteiger partial charge in [0, 0.05) is 31.6 Å². The average molecular weight is 382 g/mol. The first-order valence-corrected chi connectivity index (χ1v) is 10.3. The maximum Gasteiger partial charge on any atom is 0.324 e. The van der Waals surface area contributed by atoms with Crippen molar-refractivity contribution < 1.29 is 22.7 Å². The molecule has 0 aromatic heterocycles. The van der Waals surface area contributed by atoms with Crippen molar-refractivity contribution in [3.8, 4) is 0 Å². The summed E-state index contributed by atoms with van der Waals surface area (Å²) in [5.41, 5.74) is 0.877. The number of rotatable bonds is 7. The van der Waals surface area contributed by atoms with E-state index < -0.39 is 22.0 Å². The van der Waals surface area contributed by atoms with E-state index in [1.54, 1.807) is 32.9 Å². The van der Waals surface area contributed by atoms with Gasteiger partial charge in [-0.2, -0.15) is 4.72 Å². The smallest absolute Gasteiger partial charge is 0.324 e. The van der Waals surface area contributed by atoms with Crippen LogP contribution in [0.25, 0.3) is 0 Å². The van der Waals surface area contributed by atoms with Crippen LogP contribution in [0, 0.1) is 5.92 Å². The summed E-state index contributed by atoms with van der Waals surface area (Å²) >= 11 is 0. The van der Waals surface area contributed by atoms with Crippen molar-refractivity contribution in [2.45, 2.75) is 44.6 Å². The Morgan fingerprint density at radius 3 is 2.27 bits per heavy atom. The van der Waals surface area contributed by atoms with Gasteiger partial charge in [-0.15, -0.1) is 0 Å². The van der Waals surface area contributed by atoms with Gasteiger partial charge < -0.3 is 9.64 Å². The molecule has 7 nitrogen and oxygen atoms in total. The summed E-state index contributed by atoms with van der Waals surface area (Å²) in [6, 6.07) is 5.53. The van der Waals surface area contributed by atoms with Crippen LogP contribution >= 0.6 is 0 Å². The highest BCUT2D eigenvalue weighted by molar-refractivity contribution is 7.89. The quantitative estimate of drug-likeness (QED) is 0.722. The maximum absolute atomic E-state index is 12.6. The number of nitrogens with zero attached hydrogens (tertiary/aromatic N) is 1. The molecular formula is C18H26N2O5S. The standard InChI is InChI=1S/C18H26N2O5S/c1-4-25-18(22)17(13(2)3)19-26(23,24)16-7-5-14(6-8-16)20-11-9-15(21)10-12-20/h5-8,13,17,19H,4,9-12H2,1-3H3/t17-/m0/s1. The molecule has 0 aliphatic carbocycles. The van der Waals surface area contributed by atoms with Gasteiger partial charge >= 0.3 is 5.97 Å². The van der Waals surface area contributed by atoms with Gasteiger partial charge in [0.25, 0.3) is 0 Å². The lowest BCUT2D eigenvalue weighted by Gasteiger charge is -2.28. The van der Waals surface area contributed by atoms with Gasteiger partial charge in [0.15, 0.2) is 0 Å². The number of Topliss-reactive ketones (excluding diaryl/α,β-unsaturated/α-hetero) is 1. The zero-order valence-corrected chi connectivity index (χ0v) is 16.2. The van der Waals surface area contributed by atoms with Crippen molar-refractivity contribution in [2.75, 3.05) is 24.6 Å². The summed E-state index contributed by atoms with van der Waals surface area (Å²) in [6.07, 6.45) is 1.02. The van der Waals surface area contributed by atoms with Gasteiger partial charge in [0.05, 0.1) is 11.5 Å². The number of nitrogens with one attached hydrogen (secondary N) is 1. The minimum absolute atomic E-state index is 0.0873. The predicted molar refractivity (Wildman–Crippen MR) is 98.5 cm³/mol. The molecule has 26 heavy (non-hydrogen) atoms. The van der Waals surface area contributed by atoms with Crippen molar-refractivity contribution in [3.05, 3.63) is 24.3 Å². The second kappa shape index (κ2) is 8.64. The van der Waals surface area contributed by atoms with Crippen molar-refractivity contribution in [1.29, 1.82) is 0 Å². The zero-order chi connectivity index (χ0) is 19.3. The first kappa shape index (κ1) is 20.4. The monoisotopic (exact) mass is 382 g/mol. The lowest BCUT2D eigenvalue weighted by molar-refractivity contribution is -0.146. The third kappa shape index (κ3) is 5.04. The van der Waals surface area contributed by atoms with E-state index in [1.807, 2.05) is 0 Å². The second-order valence-electron chi connectivity index (χ2n) is 6.61. The van der Waals surface area contributed by atoms with Gasteiger partial charge in [-0.25, -0.2) is 8.42 Å². The van der Waals surface area contributed by atoms with Crippen LogP contribution in [0.3, 0.4) is 0 Å². The predicted octanol–water partition coefficient (Wildman–Crippen LogP) is 1.72. The van der Waals surface area contributed by atoms with E-state index >= 15 is 0 Å². The first-order valence-electron chi connectivity index (χ1n) is 8.80. The Bertz CT molecular complexity index is 733. The Labute approximate surface area is 154 Å². The number of benzene rings is 1. The van der Waals surface area contributed by atoms with Crippen LogP contribution in [0.2, 0.25) is 0 Å². The van der Waals surface area contributed by atoms with Gasteiger partial charge in [-0.05, 0) is 37.1 Å². The molecule has 0 bridgehead atoms. The van der Waals surface area contributed by atoms with Crippen molar-refractivity contribution in [1.82, 2.24) is 4.72 Å². The summed E-state index contributed by atoms with van der Waals surface area (Å²) in [6.45, 7) is 6.66. The van der Waals surface area contributed by atoms with Crippen molar-refractivity contribution in [2.24, 2.45) is 5.92 Å². The van der Waals surface area contributed by atoms with E-state index in [-0.39, 0.29) is 23.2 Å². The third-order valence-electron chi connectivity index (χ3n) is 4.32. The minimum atomic E-state index is -3.85. The highest BCUT2D eigenvalue weighted by Gasteiger charge is 2.29. The molecule has 2 rings (SSSR count). The van der Waals surface area contributed by atoms with Crippen LogP contribution in [-0.4, -0.2) is 45.9 Å². The number of carbonyl (C=O) groups excluding carboxylic acids is 2. The van der Waals surface area contributed by atoms with Crippen molar-refractivity contribution >= 4 is 27.5 Å². The Hall–Kier alpha value is -1.93. The molecule has 0 saturated carbocycles.